The molecule has 1 aliphatic heterocycles. The predicted molar refractivity (Wildman–Crippen MR) is 113 cm³/mol. The van der Waals surface area contributed by atoms with Crippen LogP contribution in [0.3, 0.4) is 0 Å². The third-order valence-corrected chi connectivity index (χ3v) is 5.21. The van der Waals surface area contributed by atoms with Crippen LogP contribution < -0.4 is 10.1 Å². The molecule has 0 bridgehead atoms. The molecule has 1 atom stereocenters. The fraction of sp³-hybridized carbons (Fsp3) is 0.455. The molecule has 162 valence electrons. The molecule has 1 aromatic carbocycles. The van der Waals surface area contributed by atoms with Gasteiger partial charge in [-0.05, 0) is 49.2 Å². The highest BCUT2D eigenvalue weighted by Crippen LogP contribution is 2.25. The summed E-state index contributed by atoms with van der Waals surface area (Å²) in [5, 5.41) is 13.0. The number of carbonyl (C=O) groups is 2. The number of nitrogens with one attached hydrogen (secondary N) is 1. The molecule has 0 saturated carbocycles. The van der Waals surface area contributed by atoms with Gasteiger partial charge >= 0.3 is 5.97 Å². The van der Waals surface area contributed by atoms with Crippen molar-refractivity contribution in [3.05, 3.63) is 48.3 Å². The minimum atomic E-state index is -0.603. The minimum Gasteiger partial charge on any atom is -0.491 e. The van der Waals surface area contributed by atoms with E-state index in [2.05, 4.69) is 10.2 Å². The number of benzene rings is 1. The molecule has 3 rings (SSSR count). The van der Waals surface area contributed by atoms with Crippen LogP contribution in [0.4, 0.5) is 5.69 Å². The van der Waals surface area contributed by atoms with Gasteiger partial charge in [0, 0.05) is 44.5 Å². The first-order valence-corrected chi connectivity index (χ1v) is 10.1. The Balaban J connectivity index is 1.42. The predicted octanol–water partition coefficient (Wildman–Crippen LogP) is 2.31. The number of rotatable bonds is 8. The average molecular weight is 415 g/mol. The van der Waals surface area contributed by atoms with Crippen LogP contribution in [-0.4, -0.2) is 65.9 Å². The summed E-state index contributed by atoms with van der Waals surface area (Å²) in [6, 6.07) is 10.9. The molecule has 2 aromatic rings. The van der Waals surface area contributed by atoms with Crippen molar-refractivity contribution in [2.45, 2.75) is 31.9 Å². The van der Waals surface area contributed by atoms with Crippen LogP contribution in [0.25, 0.3) is 0 Å². The number of esters is 1. The topological polar surface area (TPSA) is 93.0 Å². The van der Waals surface area contributed by atoms with Gasteiger partial charge in [-0.3, -0.25) is 4.79 Å². The van der Waals surface area contributed by atoms with Gasteiger partial charge in [-0.2, -0.15) is 0 Å². The zero-order valence-electron chi connectivity index (χ0n) is 17.4. The number of anilines is 1. The molecule has 1 fully saturated rings. The van der Waals surface area contributed by atoms with Gasteiger partial charge in [0.2, 0.25) is 5.91 Å². The van der Waals surface area contributed by atoms with Crippen molar-refractivity contribution in [1.29, 1.82) is 0 Å². The summed E-state index contributed by atoms with van der Waals surface area (Å²) in [5.74, 6) is 0.200. The van der Waals surface area contributed by atoms with Crippen molar-refractivity contribution in [2.75, 3.05) is 38.7 Å². The highest BCUT2D eigenvalue weighted by atomic mass is 16.5. The fourth-order valence-electron chi connectivity index (χ4n) is 3.75. The lowest BCUT2D eigenvalue weighted by atomic mass is 10.0. The van der Waals surface area contributed by atoms with Crippen molar-refractivity contribution < 1.29 is 24.2 Å². The molecule has 1 amide bonds. The first kappa shape index (κ1) is 21.9. The summed E-state index contributed by atoms with van der Waals surface area (Å²) < 4.78 is 12.5. The number of carbonyl (C=O) groups excluding carboxylic acids is 2. The molecular formula is C22H29N3O5. The van der Waals surface area contributed by atoms with Gasteiger partial charge in [-0.15, -0.1) is 0 Å². The molecule has 1 aromatic heterocycles. The Labute approximate surface area is 176 Å². The standard InChI is InChI=1S/C22H29N3O5/c1-16(26)23-17-5-7-20(8-6-17)30-15-19(27)14-24-12-9-18(10-13-24)25-11-3-4-21(25)22(28)29-2/h3-8,11,18-19,27H,9-10,12-15H2,1-2H3,(H,23,26). The van der Waals surface area contributed by atoms with E-state index in [0.29, 0.717) is 23.7 Å². The van der Waals surface area contributed by atoms with Crippen LogP contribution in [0.1, 0.15) is 36.3 Å². The maximum Gasteiger partial charge on any atom is 0.354 e. The van der Waals surface area contributed by atoms with E-state index in [1.807, 2.05) is 16.8 Å². The van der Waals surface area contributed by atoms with Crippen LogP contribution >= 0.6 is 0 Å². The average Bonchev–Trinajstić information content (AvgIpc) is 3.23. The Kier molecular flexibility index (Phi) is 7.48. The van der Waals surface area contributed by atoms with Crippen molar-refractivity contribution in [3.8, 4) is 5.75 Å². The monoisotopic (exact) mass is 415 g/mol. The summed E-state index contributed by atoms with van der Waals surface area (Å²) in [4.78, 5) is 25.1. The summed E-state index contributed by atoms with van der Waals surface area (Å²) in [7, 11) is 1.39. The second kappa shape index (κ2) is 10.3. The summed E-state index contributed by atoms with van der Waals surface area (Å²) in [5.41, 5.74) is 1.28. The van der Waals surface area contributed by atoms with E-state index >= 15 is 0 Å². The molecule has 0 spiro atoms. The third-order valence-electron chi connectivity index (χ3n) is 5.21. The highest BCUT2D eigenvalue weighted by molar-refractivity contribution is 5.88. The number of β-amino-alcohol motifs (C(OH)–C–C–N with tert-alkyl or cyclic N) is 1. The minimum absolute atomic E-state index is 0.124. The van der Waals surface area contributed by atoms with E-state index in [9.17, 15) is 14.7 Å². The van der Waals surface area contributed by atoms with Gasteiger partial charge in [0.25, 0.3) is 0 Å². The summed E-state index contributed by atoms with van der Waals surface area (Å²) in [6.07, 6.45) is 3.12. The van der Waals surface area contributed by atoms with Crippen LogP contribution in [0, 0.1) is 0 Å². The molecular weight excluding hydrogens is 386 g/mol. The van der Waals surface area contributed by atoms with Crippen LogP contribution in [0.2, 0.25) is 0 Å². The summed E-state index contributed by atoms with van der Waals surface area (Å²) in [6.45, 7) is 3.87. The molecule has 8 nitrogen and oxygen atoms in total. The van der Waals surface area contributed by atoms with Gasteiger partial charge in [-0.1, -0.05) is 0 Å². The maximum absolute atomic E-state index is 11.9. The second-order valence-electron chi connectivity index (χ2n) is 7.49. The number of likely N-dealkylation sites (tertiary alicyclic amines) is 1. The van der Waals surface area contributed by atoms with Crippen LogP contribution in [0.5, 0.6) is 5.75 Å². The lowest BCUT2D eigenvalue weighted by molar-refractivity contribution is -0.114. The lowest BCUT2D eigenvalue weighted by Crippen LogP contribution is -2.41. The summed E-state index contributed by atoms with van der Waals surface area (Å²) >= 11 is 0. The van der Waals surface area contributed by atoms with Crippen LogP contribution in [-0.2, 0) is 9.53 Å². The fourth-order valence-corrected chi connectivity index (χ4v) is 3.75. The Morgan fingerprint density at radius 1 is 1.20 bits per heavy atom. The molecule has 30 heavy (non-hydrogen) atoms. The molecule has 1 unspecified atom stereocenters. The number of hydrogen-bond acceptors (Lipinski definition) is 6. The van der Waals surface area contributed by atoms with Gasteiger partial charge in [0.15, 0.2) is 0 Å². The number of hydrogen-bond donors (Lipinski definition) is 2. The number of aliphatic hydroxyl groups is 1. The smallest absolute Gasteiger partial charge is 0.354 e. The normalized spacial score (nSPS) is 16.1. The Bertz CT molecular complexity index is 841. The molecule has 2 heterocycles. The molecule has 1 aliphatic rings. The third kappa shape index (κ3) is 5.84. The van der Waals surface area contributed by atoms with Gasteiger partial charge in [-0.25, -0.2) is 4.79 Å². The quantitative estimate of drug-likeness (QED) is 0.643. The lowest BCUT2D eigenvalue weighted by Gasteiger charge is -2.34. The number of aromatic nitrogens is 1. The Hall–Kier alpha value is -2.84. The van der Waals surface area contributed by atoms with Crippen molar-refractivity contribution >= 4 is 17.6 Å². The van der Waals surface area contributed by atoms with E-state index < -0.39 is 6.10 Å². The molecule has 2 N–H and O–H groups in total. The highest BCUT2D eigenvalue weighted by Gasteiger charge is 2.25. The number of nitrogens with zero attached hydrogens (tertiary/aromatic N) is 2. The van der Waals surface area contributed by atoms with E-state index in [1.165, 1.54) is 14.0 Å². The maximum atomic E-state index is 11.9. The first-order valence-electron chi connectivity index (χ1n) is 10.1. The van der Waals surface area contributed by atoms with E-state index in [4.69, 9.17) is 9.47 Å². The van der Waals surface area contributed by atoms with E-state index in [-0.39, 0.29) is 24.5 Å². The number of ether oxygens (including phenoxy) is 2. The Morgan fingerprint density at radius 3 is 2.53 bits per heavy atom. The largest absolute Gasteiger partial charge is 0.491 e. The molecule has 0 radical (unpaired) electrons. The van der Waals surface area contributed by atoms with Crippen LogP contribution in [0.15, 0.2) is 42.6 Å². The van der Waals surface area contributed by atoms with Gasteiger partial charge in [0.1, 0.15) is 24.2 Å². The first-order chi connectivity index (χ1) is 14.5. The second-order valence-corrected chi connectivity index (χ2v) is 7.49. The van der Waals surface area contributed by atoms with E-state index in [1.54, 1.807) is 30.3 Å². The molecule has 1 saturated heterocycles. The number of amides is 1. The Morgan fingerprint density at radius 2 is 1.90 bits per heavy atom. The zero-order valence-corrected chi connectivity index (χ0v) is 17.4. The number of methoxy groups -OCH3 is 1. The van der Waals surface area contributed by atoms with E-state index in [0.717, 1.165) is 25.9 Å². The number of aliphatic hydroxyl groups excluding tert-OH is 1. The van der Waals surface area contributed by atoms with Crippen molar-refractivity contribution in [1.82, 2.24) is 9.47 Å². The SMILES string of the molecule is COC(=O)c1cccn1C1CCN(CC(O)COc2ccc(NC(C)=O)cc2)CC1. The molecule has 0 aliphatic carbocycles. The van der Waals surface area contributed by atoms with Gasteiger partial charge < -0.3 is 29.4 Å². The molecule has 8 heteroatoms. The van der Waals surface area contributed by atoms with Crippen molar-refractivity contribution in [2.24, 2.45) is 0 Å². The number of piperidine rings is 1. The van der Waals surface area contributed by atoms with Crippen molar-refractivity contribution in [3.63, 3.8) is 0 Å². The van der Waals surface area contributed by atoms with Gasteiger partial charge in [0.05, 0.1) is 7.11 Å². The zero-order chi connectivity index (χ0) is 21.5.